The van der Waals surface area contributed by atoms with Crippen LogP contribution in [0.5, 0.6) is 0 Å². The predicted molar refractivity (Wildman–Crippen MR) is 89.8 cm³/mol. The fourth-order valence-corrected chi connectivity index (χ4v) is 7.58. The third kappa shape index (κ3) is 1.76. The van der Waals surface area contributed by atoms with Gasteiger partial charge in [-0.25, -0.2) is 0 Å². The first kappa shape index (κ1) is 17.0. The molecule has 0 N–H and O–H groups in total. The zero-order chi connectivity index (χ0) is 18.3. The quantitative estimate of drug-likeness (QED) is 0.701. The lowest BCUT2D eigenvalue weighted by atomic mass is 9.41. The van der Waals surface area contributed by atoms with Crippen LogP contribution in [0, 0.1) is 28.6 Å². The molecule has 2 bridgehead atoms. The first-order chi connectivity index (χ1) is 12.4. The van der Waals surface area contributed by atoms with Gasteiger partial charge in [-0.15, -0.1) is 0 Å². The summed E-state index contributed by atoms with van der Waals surface area (Å²) in [6.07, 6.45) is 5.38. The van der Waals surface area contributed by atoms with Crippen LogP contribution in [0.4, 0.5) is 0 Å². The molecular formula is C20H28O6. The van der Waals surface area contributed by atoms with Crippen molar-refractivity contribution in [3.8, 4) is 0 Å². The molecule has 3 aliphatic carbocycles. The van der Waals surface area contributed by atoms with Crippen molar-refractivity contribution >= 4 is 11.9 Å². The highest BCUT2D eigenvalue weighted by Crippen LogP contribution is 2.73. The van der Waals surface area contributed by atoms with Gasteiger partial charge in [0.25, 0.3) is 0 Å². The first-order valence-electron chi connectivity index (χ1n) is 9.95. The van der Waals surface area contributed by atoms with Crippen LogP contribution in [0.15, 0.2) is 0 Å². The number of ether oxygens (including phenoxy) is 4. The standard InChI is InChI=1S/C20H28O6/c1-11(21)25-14-6-4-5-13-12(14)9-15-16-18(2,17(22)26-15)20(23-3)8-7-19(13,16)10-24-20/h12-16H,4-10H2,1-3H3. The Morgan fingerprint density at radius 2 is 2.08 bits per heavy atom. The molecule has 6 aliphatic rings. The van der Waals surface area contributed by atoms with Gasteiger partial charge in [0.2, 0.25) is 0 Å². The van der Waals surface area contributed by atoms with Crippen LogP contribution in [0.25, 0.3) is 0 Å². The maximum atomic E-state index is 13.0. The first-order valence-corrected chi connectivity index (χ1v) is 9.95. The fourth-order valence-electron chi connectivity index (χ4n) is 7.58. The Hall–Kier alpha value is -1.14. The molecule has 3 aliphatic heterocycles. The Bertz CT molecular complexity index is 651. The topological polar surface area (TPSA) is 71.1 Å². The second-order valence-corrected chi connectivity index (χ2v) is 9.19. The van der Waals surface area contributed by atoms with Crippen LogP contribution in [-0.4, -0.2) is 43.7 Å². The van der Waals surface area contributed by atoms with Crippen LogP contribution in [0.2, 0.25) is 0 Å². The Labute approximate surface area is 153 Å². The van der Waals surface area contributed by atoms with Crippen LogP contribution >= 0.6 is 0 Å². The second-order valence-electron chi connectivity index (χ2n) is 9.19. The van der Waals surface area contributed by atoms with E-state index in [0.29, 0.717) is 12.5 Å². The van der Waals surface area contributed by atoms with E-state index in [1.807, 2.05) is 6.92 Å². The monoisotopic (exact) mass is 364 g/mol. The average Bonchev–Trinajstić information content (AvgIpc) is 2.90. The second kappa shape index (κ2) is 5.22. The summed E-state index contributed by atoms with van der Waals surface area (Å²) in [5.74, 6) is -0.470. The summed E-state index contributed by atoms with van der Waals surface area (Å²) in [6, 6.07) is 0. The van der Waals surface area contributed by atoms with E-state index in [1.54, 1.807) is 7.11 Å². The van der Waals surface area contributed by atoms with Crippen molar-refractivity contribution < 1.29 is 28.5 Å². The normalized spacial score (nSPS) is 54.3. The molecule has 144 valence electrons. The summed E-state index contributed by atoms with van der Waals surface area (Å²) in [6.45, 7) is 4.09. The summed E-state index contributed by atoms with van der Waals surface area (Å²) < 4.78 is 23.8. The number of rotatable bonds is 2. The molecule has 6 nitrogen and oxygen atoms in total. The van der Waals surface area contributed by atoms with Crippen LogP contribution in [0.1, 0.15) is 52.4 Å². The summed E-state index contributed by atoms with van der Waals surface area (Å²) in [4.78, 5) is 24.6. The number of methoxy groups -OCH3 is 1. The minimum Gasteiger partial charge on any atom is -0.462 e. The lowest BCUT2D eigenvalue weighted by Crippen LogP contribution is -2.73. The molecule has 0 amide bonds. The van der Waals surface area contributed by atoms with E-state index in [4.69, 9.17) is 18.9 Å². The van der Waals surface area contributed by atoms with Crippen molar-refractivity contribution in [3.63, 3.8) is 0 Å². The molecule has 3 saturated heterocycles. The Kier molecular flexibility index (Phi) is 3.41. The predicted octanol–water partition coefficient (Wildman–Crippen LogP) is 2.44. The van der Waals surface area contributed by atoms with Gasteiger partial charge in [-0.1, -0.05) is 0 Å². The highest BCUT2D eigenvalue weighted by atomic mass is 16.7. The van der Waals surface area contributed by atoms with Gasteiger partial charge in [0.15, 0.2) is 5.79 Å². The average molecular weight is 364 g/mol. The fraction of sp³-hybridized carbons (Fsp3) is 0.900. The molecule has 8 atom stereocenters. The molecule has 26 heavy (non-hydrogen) atoms. The largest absolute Gasteiger partial charge is 0.462 e. The lowest BCUT2D eigenvalue weighted by molar-refractivity contribution is -0.386. The highest BCUT2D eigenvalue weighted by molar-refractivity contribution is 5.81. The maximum absolute atomic E-state index is 13.0. The number of fused-ring (bicyclic) bond motifs is 3. The summed E-state index contributed by atoms with van der Waals surface area (Å²) in [5, 5.41) is 0. The van der Waals surface area contributed by atoms with Crippen molar-refractivity contribution in [1.29, 1.82) is 0 Å². The van der Waals surface area contributed by atoms with E-state index in [0.717, 1.165) is 38.5 Å². The molecule has 6 heteroatoms. The molecule has 3 heterocycles. The molecule has 0 aromatic heterocycles. The number of carbonyl (C=O) groups is 2. The number of carbonyl (C=O) groups excluding carboxylic acids is 2. The van der Waals surface area contributed by atoms with Gasteiger partial charge >= 0.3 is 11.9 Å². The van der Waals surface area contributed by atoms with E-state index in [2.05, 4.69) is 0 Å². The van der Waals surface area contributed by atoms with E-state index >= 15 is 0 Å². The van der Waals surface area contributed by atoms with Gasteiger partial charge in [-0.05, 0) is 44.9 Å². The minimum absolute atomic E-state index is 0.0665. The van der Waals surface area contributed by atoms with Crippen molar-refractivity contribution in [1.82, 2.24) is 0 Å². The molecule has 1 spiro atoms. The Morgan fingerprint density at radius 1 is 1.27 bits per heavy atom. The van der Waals surface area contributed by atoms with Crippen LogP contribution < -0.4 is 0 Å². The van der Waals surface area contributed by atoms with Gasteiger partial charge in [-0.2, -0.15) is 0 Å². The lowest BCUT2D eigenvalue weighted by Gasteiger charge is -2.68. The summed E-state index contributed by atoms with van der Waals surface area (Å²) >= 11 is 0. The van der Waals surface area contributed by atoms with Gasteiger partial charge in [-0.3, -0.25) is 9.59 Å². The number of esters is 2. The molecule has 8 unspecified atom stereocenters. The number of hydrogen-bond donors (Lipinski definition) is 0. The molecule has 0 aromatic rings. The molecular weight excluding hydrogens is 336 g/mol. The highest BCUT2D eigenvalue weighted by Gasteiger charge is 2.80. The van der Waals surface area contributed by atoms with Crippen molar-refractivity contribution in [2.24, 2.45) is 28.6 Å². The van der Waals surface area contributed by atoms with Crippen LogP contribution in [0.3, 0.4) is 0 Å². The van der Waals surface area contributed by atoms with E-state index in [-0.39, 0.29) is 41.4 Å². The summed E-state index contributed by atoms with van der Waals surface area (Å²) in [7, 11) is 1.65. The third-order valence-electron chi connectivity index (χ3n) is 8.47. The maximum Gasteiger partial charge on any atom is 0.318 e. The zero-order valence-electron chi connectivity index (χ0n) is 15.8. The SMILES string of the molecule is COC12CCC3(CO1)C1CCCC(OC(C)=O)C1CC1OC(=O)C2(C)C13. The van der Waals surface area contributed by atoms with Gasteiger partial charge in [0, 0.05) is 37.7 Å². The zero-order valence-corrected chi connectivity index (χ0v) is 15.8. The van der Waals surface area contributed by atoms with Gasteiger partial charge < -0.3 is 18.9 Å². The van der Waals surface area contributed by atoms with Crippen molar-refractivity contribution in [2.45, 2.75) is 70.4 Å². The van der Waals surface area contributed by atoms with E-state index < -0.39 is 11.2 Å². The molecule has 6 rings (SSSR count). The van der Waals surface area contributed by atoms with Crippen LogP contribution in [-0.2, 0) is 28.5 Å². The smallest absolute Gasteiger partial charge is 0.318 e. The molecule has 6 fully saturated rings. The van der Waals surface area contributed by atoms with Crippen molar-refractivity contribution in [2.75, 3.05) is 13.7 Å². The molecule has 3 saturated carbocycles. The third-order valence-corrected chi connectivity index (χ3v) is 8.47. The van der Waals surface area contributed by atoms with Gasteiger partial charge in [0.1, 0.15) is 17.6 Å². The Morgan fingerprint density at radius 3 is 2.73 bits per heavy atom. The summed E-state index contributed by atoms with van der Waals surface area (Å²) in [5.41, 5.74) is -0.824. The minimum atomic E-state index is -0.859. The van der Waals surface area contributed by atoms with Crippen molar-refractivity contribution in [3.05, 3.63) is 0 Å². The van der Waals surface area contributed by atoms with E-state index in [9.17, 15) is 9.59 Å². The van der Waals surface area contributed by atoms with Gasteiger partial charge in [0.05, 0.1) is 6.61 Å². The molecule has 0 aromatic carbocycles. The Balaban J connectivity index is 1.59. The molecule has 0 radical (unpaired) electrons. The van der Waals surface area contributed by atoms with E-state index in [1.165, 1.54) is 6.92 Å². The number of hydrogen-bond acceptors (Lipinski definition) is 6.